The van der Waals surface area contributed by atoms with Gasteiger partial charge in [-0.2, -0.15) is 0 Å². The molecule has 0 fully saturated rings. The molecule has 0 amide bonds. The first kappa shape index (κ1) is 12.9. The molecule has 6 nitrogen and oxygen atoms in total. The molecular weight excluding hydrogens is 246 g/mol. The predicted octanol–water partition coefficient (Wildman–Crippen LogP) is 1.40. The largest absolute Gasteiger partial charge is 0.478 e. The molecule has 1 N–H and O–H groups in total. The number of aromatic nitrogens is 3. The molecule has 0 aliphatic rings. The van der Waals surface area contributed by atoms with Crippen LogP contribution in [0.15, 0.2) is 24.3 Å². The average Bonchev–Trinajstić information content (AvgIpc) is 2.81. The highest BCUT2D eigenvalue weighted by molar-refractivity contribution is 5.87. The summed E-state index contributed by atoms with van der Waals surface area (Å²) in [6, 6.07) is 6.54. The van der Waals surface area contributed by atoms with E-state index in [-0.39, 0.29) is 5.56 Å². The van der Waals surface area contributed by atoms with Gasteiger partial charge in [0.2, 0.25) is 0 Å². The minimum atomic E-state index is -0.954. The Morgan fingerprint density at radius 3 is 2.58 bits per heavy atom. The number of rotatable bonds is 5. The molecule has 1 heterocycles. The first-order chi connectivity index (χ1) is 9.15. The molecule has 2 rings (SSSR count). The van der Waals surface area contributed by atoms with Gasteiger partial charge in [0.05, 0.1) is 17.8 Å². The van der Waals surface area contributed by atoms with Crippen molar-refractivity contribution in [3.05, 3.63) is 46.8 Å². The highest BCUT2D eigenvalue weighted by Crippen LogP contribution is 2.10. The maximum atomic E-state index is 10.8. The van der Waals surface area contributed by atoms with Crippen LogP contribution in [0.25, 0.3) is 0 Å². The summed E-state index contributed by atoms with van der Waals surface area (Å²) in [6.07, 6.45) is 1.35. The number of hydrogen-bond donors (Lipinski definition) is 1. The van der Waals surface area contributed by atoms with Crippen LogP contribution in [0.1, 0.15) is 39.0 Å². The van der Waals surface area contributed by atoms with Gasteiger partial charge >= 0.3 is 5.97 Å². The summed E-state index contributed by atoms with van der Waals surface area (Å²) in [5.41, 5.74) is 2.27. The second-order valence-corrected chi connectivity index (χ2v) is 4.05. The highest BCUT2D eigenvalue weighted by Gasteiger charge is 2.10. The Bertz CT molecular complexity index is 602. The third kappa shape index (κ3) is 2.67. The Balaban J connectivity index is 2.23. The lowest BCUT2D eigenvalue weighted by Gasteiger charge is -2.05. The van der Waals surface area contributed by atoms with Crippen molar-refractivity contribution in [1.29, 1.82) is 0 Å². The van der Waals surface area contributed by atoms with E-state index in [4.69, 9.17) is 5.11 Å². The maximum absolute atomic E-state index is 10.8. The van der Waals surface area contributed by atoms with Crippen LogP contribution in [0.5, 0.6) is 0 Å². The van der Waals surface area contributed by atoms with Gasteiger partial charge in [-0.3, -0.25) is 4.79 Å². The molecule has 1 aromatic carbocycles. The van der Waals surface area contributed by atoms with Crippen molar-refractivity contribution in [2.24, 2.45) is 0 Å². The summed E-state index contributed by atoms with van der Waals surface area (Å²) < 4.78 is 1.65. The first-order valence-corrected chi connectivity index (χ1v) is 5.85. The Labute approximate surface area is 109 Å². The molecule has 0 saturated heterocycles. The summed E-state index contributed by atoms with van der Waals surface area (Å²) in [4.78, 5) is 21.5. The maximum Gasteiger partial charge on any atom is 0.335 e. The van der Waals surface area contributed by atoms with E-state index in [9.17, 15) is 9.59 Å². The molecule has 0 aliphatic carbocycles. The summed E-state index contributed by atoms with van der Waals surface area (Å²) in [7, 11) is 0. The Kier molecular flexibility index (Phi) is 3.70. The molecule has 0 bridgehead atoms. The fourth-order valence-electron chi connectivity index (χ4n) is 1.85. The Morgan fingerprint density at radius 2 is 2.05 bits per heavy atom. The smallest absolute Gasteiger partial charge is 0.335 e. The van der Waals surface area contributed by atoms with E-state index in [2.05, 4.69) is 10.3 Å². The van der Waals surface area contributed by atoms with Crippen molar-refractivity contribution >= 4 is 12.3 Å². The van der Waals surface area contributed by atoms with Crippen molar-refractivity contribution in [1.82, 2.24) is 15.0 Å². The van der Waals surface area contributed by atoms with E-state index in [1.165, 1.54) is 0 Å². The molecular formula is C13H13N3O3. The van der Waals surface area contributed by atoms with E-state index >= 15 is 0 Å². The predicted molar refractivity (Wildman–Crippen MR) is 67.3 cm³/mol. The lowest BCUT2D eigenvalue weighted by Crippen LogP contribution is -2.07. The highest BCUT2D eigenvalue weighted by atomic mass is 16.4. The lowest BCUT2D eigenvalue weighted by molar-refractivity contribution is 0.0696. The van der Waals surface area contributed by atoms with Crippen LogP contribution in [0.2, 0.25) is 0 Å². The minimum Gasteiger partial charge on any atom is -0.478 e. The van der Waals surface area contributed by atoms with Gasteiger partial charge in [0.25, 0.3) is 0 Å². The van der Waals surface area contributed by atoms with Gasteiger partial charge in [-0.1, -0.05) is 24.3 Å². The van der Waals surface area contributed by atoms with Gasteiger partial charge in [-0.05, 0) is 24.1 Å². The van der Waals surface area contributed by atoms with Crippen LogP contribution < -0.4 is 0 Å². The van der Waals surface area contributed by atoms with E-state index in [1.54, 1.807) is 28.9 Å². The number of nitrogens with zero attached hydrogens (tertiary/aromatic N) is 3. The van der Waals surface area contributed by atoms with Gasteiger partial charge in [-0.25, -0.2) is 9.48 Å². The number of carboxylic acid groups (broad SMARTS) is 1. The average molecular weight is 259 g/mol. The monoisotopic (exact) mass is 259 g/mol. The molecule has 6 heteroatoms. The molecule has 19 heavy (non-hydrogen) atoms. The summed E-state index contributed by atoms with van der Waals surface area (Å²) in [5, 5.41) is 16.5. The molecule has 0 aliphatic heterocycles. The molecule has 98 valence electrons. The third-order valence-electron chi connectivity index (χ3n) is 2.85. The van der Waals surface area contributed by atoms with Gasteiger partial charge in [-0.15, -0.1) is 5.10 Å². The van der Waals surface area contributed by atoms with Crippen LogP contribution in [0.4, 0.5) is 0 Å². The number of carbonyl (C=O) groups excluding carboxylic acids is 1. The molecule has 1 aromatic heterocycles. The fourth-order valence-corrected chi connectivity index (χ4v) is 1.85. The second-order valence-electron chi connectivity index (χ2n) is 4.05. The van der Waals surface area contributed by atoms with Gasteiger partial charge < -0.3 is 5.11 Å². The van der Waals surface area contributed by atoms with Crippen LogP contribution in [0.3, 0.4) is 0 Å². The summed E-state index contributed by atoms with van der Waals surface area (Å²) >= 11 is 0. The molecule has 0 unspecified atom stereocenters. The van der Waals surface area contributed by atoms with Crippen LogP contribution in [-0.4, -0.2) is 32.4 Å². The van der Waals surface area contributed by atoms with Crippen LogP contribution in [-0.2, 0) is 13.0 Å². The normalized spacial score (nSPS) is 10.4. The third-order valence-corrected chi connectivity index (χ3v) is 2.85. The fraction of sp³-hybridized carbons (Fsp3) is 0.231. The number of benzene rings is 1. The number of aldehydes is 1. The Morgan fingerprint density at radius 1 is 1.37 bits per heavy atom. The van der Waals surface area contributed by atoms with Crippen molar-refractivity contribution in [2.75, 3.05) is 0 Å². The minimum absolute atomic E-state index is 0.242. The van der Waals surface area contributed by atoms with Crippen LogP contribution >= 0.6 is 0 Å². The second kappa shape index (κ2) is 5.43. The first-order valence-electron chi connectivity index (χ1n) is 5.85. The van der Waals surface area contributed by atoms with Crippen molar-refractivity contribution in [3.63, 3.8) is 0 Å². The summed E-state index contributed by atoms with van der Waals surface area (Å²) in [5.74, 6) is -0.954. The lowest BCUT2D eigenvalue weighted by atomic mass is 10.1. The SMILES string of the molecule is CCc1c(C=O)nnn1Cc1ccc(C(=O)O)cc1. The van der Waals surface area contributed by atoms with E-state index in [0.29, 0.717) is 24.9 Å². The topological polar surface area (TPSA) is 85.1 Å². The zero-order chi connectivity index (χ0) is 13.8. The number of aromatic carboxylic acids is 1. The number of carbonyl (C=O) groups is 2. The molecule has 0 saturated carbocycles. The number of hydrogen-bond acceptors (Lipinski definition) is 4. The molecule has 2 aromatic rings. The van der Waals surface area contributed by atoms with Gasteiger partial charge in [0.15, 0.2) is 6.29 Å². The molecule has 0 atom stereocenters. The van der Waals surface area contributed by atoms with Crippen molar-refractivity contribution < 1.29 is 14.7 Å². The van der Waals surface area contributed by atoms with Crippen LogP contribution in [0, 0.1) is 0 Å². The Hall–Kier alpha value is -2.50. The van der Waals surface area contributed by atoms with Crippen molar-refractivity contribution in [2.45, 2.75) is 19.9 Å². The summed E-state index contributed by atoms with van der Waals surface area (Å²) in [6.45, 7) is 2.39. The zero-order valence-corrected chi connectivity index (χ0v) is 10.4. The zero-order valence-electron chi connectivity index (χ0n) is 10.4. The standard InChI is InChI=1S/C13H13N3O3/c1-2-12-11(8-17)14-15-16(12)7-9-3-5-10(6-4-9)13(18)19/h3-6,8H,2,7H2,1H3,(H,18,19). The number of carboxylic acids is 1. The van der Waals surface area contributed by atoms with E-state index in [1.807, 2.05) is 6.92 Å². The molecule has 0 spiro atoms. The molecule has 0 radical (unpaired) electrons. The van der Waals surface area contributed by atoms with Crippen molar-refractivity contribution in [3.8, 4) is 0 Å². The van der Waals surface area contributed by atoms with Gasteiger partial charge in [0.1, 0.15) is 5.69 Å². The van der Waals surface area contributed by atoms with Gasteiger partial charge in [0, 0.05) is 0 Å². The quantitative estimate of drug-likeness (QED) is 0.820. The van der Waals surface area contributed by atoms with E-state index < -0.39 is 5.97 Å². The van der Waals surface area contributed by atoms with E-state index in [0.717, 1.165) is 11.3 Å².